The van der Waals surface area contributed by atoms with Crippen LogP contribution >= 0.6 is 0 Å². The van der Waals surface area contributed by atoms with Gasteiger partial charge in [0.05, 0.1) is 0 Å². The van der Waals surface area contributed by atoms with Crippen LogP contribution in [0, 0.1) is 10.8 Å². The van der Waals surface area contributed by atoms with Crippen LogP contribution in [0.15, 0.2) is 53.8 Å². The molecule has 4 nitrogen and oxygen atoms in total. The molecule has 134 valence electrons. The van der Waals surface area contributed by atoms with Crippen molar-refractivity contribution < 1.29 is 5.11 Å². The van der Waals surface area contributed by atoms with Crippen molar-refractivity contribution in [2.75, 3.05) is 0 Å². The summed E-state index contributed by atoms with van der Waals surface area (Å²) in [6, 6.07) is 7.67. The average molecular weight is 339 g/mol. The number of allylic oxidation sites excluding steroid dienone is 4. The number of fused-ring (bicyclic) bond motifs is 1. The second kappa shape index (κ2) is 6.51. The Morgan fingerprint density at radius 1 is 1.00 bits per heavy atom. The Morgan fingerprint density at radius 2 is 1.48 bits per heavy atom. The lowest BCUT2D eigenvalue weighted by molar-refractivity contribution is 0.378. The zero-order chi connectivity index (χ0) is 19.0. The van der Waals surface area contributed by atoms with Gasteiger partial charge in [-0.05, 0) is 41.5 Å². The highest BCUT2D eigenvalue weighted by Crippen LogP contribution is 2.33. The Hall–Kier alpha value is -2.36. The molecule has 0 saturated heterocycles. The summed E-state index contributed by atoms with van der Waals surface area (Å²) in [7, 11) is 0. The van der Waals surface area contributed by atoms with E-state index in [-0.39, 0.29) is 16.6 Å². The lowest BCUT2D eigenvalue weighted by atomic mass is 9.84. The monoisotopic (exact) mass is 339 g/mol. The summed E-state index contributed by atoms with van der Waals surface area (Å²) in [4.78, 5) is 1.51. The van der Waals surface area contributed by atoms with E-state index in [0.29, 0.717) is 11.3 Å². The van der Waals surface area contributed by atoms with Gasteiger partial charge in [-0.3, -0.25) is 0 Å². The van der Waals surface area contributed by atoms with E-state index in [1.165, 1.54) is 4.80 Å². The Morgan fingerprint density at radius 3 is 1.88 bits per heavy atom. The predicted octanol–water partition coefficient (Wildman–Crippen LogP) is 5.75. The van der Waals surface area contributed by atoms with Crippen LogP contribution in [0.1, 0.15) is 48.5 Å². The molecule has 0 unspecified atom stereocenters. The fraction of sp³-hybridized carbons (Fsp3) is 0.429. The van der Waals surface area contributed by atoms with Crippen molar-refractivity contribution in [2.24, 2.45) is 10.8 Å². The van der Waals surface area contributed by atoms with Crippen LogP contribution in [-0.2, 0) is 0 Å². The van der Waals surface area contributed by atoms with Gasteiger partial charge in [-0.15, -0.1) is 15.0 Å². The Labute approximate surface area is 150 Å². The summed E-state index contributed by atoms with van der Waals surface area (Å²) < 4.78 is 0. The van der Waals surface area contributed by atoms with Crippen molar-refractivity contribution in [3.05, 3.63) is 53.8 Å². The normalized spacial score (nSPS) is 14.6. The van der Waals surface area contributed by atoms with Crippen LogP contribution in [0.4, 0.5) is 0 Å². The highest BCUT2D eigenvalue weighted by Gasteiger charge is 2.23. The molecule has 0 aliphatic rings. The molecule has 0 bridgehead atoms. The van der Waals surface area contributed by atoms with Crippen molar-refractivity contribution in [3.63, 3.8) is 0 Å². The molecule has 0 aliphatic carbocycles. The average Bonchev–Trinajstić information content (AvgIpc) is 2.92. The molecule has 4 heteroatoms. The summed E-state index contributed by atoms with van der Waals surface area (Å²) in [6.45, 7) is 18.6. The van der Waals surface area contributed by atoms with Gasteiger partial charge in [0.1, 0.15) is 22.5 Å². The molecule has 2 rings (SSSR count). The number of rotatable bonds is 3. The third-order valence-electron chi connectivity index (χ3n) is 4.47. The number of hydrogen-bond acceptors (Lipinski definition) is 3. The second-order valence-electron chi connectivity index (χ2n) is 8.52. The fourth-order valence-electron chi connectivity index (χ4n) is 2.12. The highest BCUT2D eigenvalue weighted by molar-refractivity contribution is 5.75. The molecule has 2 aromatic rings. The largest absolute Gasteiger partial charge is 0.505 e. The quantitative estimate of drug-likeness (QED) is 0.572. The highest BCUT2D eigenvalue weighted by atomic mass is 16.3. The smallest absolute Gasteiger partial charge is 0.146 e. The summed E-state index contributed by atoms with van der Waals surface area (Å²) in [5.41, 5.74) is 3.61. The molecule has 1 heterocycles. The van der Waals surface area contributed by atoms with Crippen molar-refractivity contribution in [1.82, 2.24) is 15.0 Å². The topological polar surface area (TPSA) is 50.9 Å². The summed E-state index contributed by atoms with van der Waals surface area (Å²) in [5.74, 6) is 0.122. The van der Waals surface area contributed by atoms with E-state index in [1.807, 2.05) is 51.1 Å². The molecule has 0 aliphatic heterocycles. The molecule has 25 heavy (non-hydrogen) atoms. The van der Waals surface area contributed by atoms with E-state index in [0.717, 1.165) is 16.6 Å². The van der Waals surface area contributed by atoms with Gasteiger partial charge in [0.25, 0.3) is 0 Å². The molecule has 0 atom stereocenters. The number of benzene rings is 1. The first-order chi connectivity index (χ1) is 11.4. The lowest BCUT2D eigenvalue weighted by Crippen LogP contribution is -2.15. The predicted molar refractivity (Wildman–Crippen MR) is 105 cm³/mol. The first kappa shape index (κ1) is 19.0. The first-order valence-electron chi connectivity index (χ1n) is 8.55. The van der Waals surface area contributed by atoms with Crippen molar-refractivity contribution in [2.45, 2.75) is 48.5 Å². The van der Waals surface area contributed by atoms with E-state index < -0.39 is 0 Å². The first-order valence-corrected chi connectivity index (χ1v) is 8.55. The van der Waals surface area contributed by atoms with Gasteiger partial charge in [0, 0.05) is 0 Å². The van der Waals surface area contributed by atoms with Crippen LogP contribution in [0.2, 0.25) is 0 Å². The van der Waals surface area contributed by atoms with E-state index in [2.05, 4.69) is 44.5 Å². The zero-order valence-electron chi connectivity index (χ0n) is 16.4. The van der Waals surface area contributed by atoms with Crippen LogP contribution in [0.5, 0.6) is 0 Å². The number of aliphatic hydroxyl groups excluding tert-OH is 1. The van der Waals surface area contributed by atoms with Gasteiger partial charge in [0.15, 0.2) is 0 Å². The number of aliphatic hydroxyl groups is 1. The second-order valence-corrected chi connectivity index (χ2v) is 8.52. The van der Waals surface area contributed by atoms with Crippen molar-refractivity contribution >= 4 is 16.7 Å². The third-order valence-corrected chi connectivity index (χ3v) is 4.47. The van der Waals surface area contributed by atoms with E-state index in [4.69, 9.17) is 0 Å². The van der Waals surface area contributed by atoms with E-state index in [1.54, 1.807) is 0 Å². The van der Waals surface area contributed by atoms with Gasteiger partial charge < -0.3 is 5.11 Å². The maximum absolute atomic E-state index is 10.9. The number of nitrogens with zero attached hydrogens (tertiary/aromatic N) is 3. The minimum absolute atomic E-state index is 0.0266. The maximum atomic E-state index is 10.9. The standard InChI is InChI=1S/C21H29N3O/c1-14(20(3,4)5)13-18(19(25)15(2)21(6,7)8)24-22-16-11-9-10-12-17(16)23-24/h9-13,25H,2H2,1,3-8H3/b14-13+,19-18-. The van der Waals surface area contributed by atoms with Gasteiger partial charge in [-0.2, -0.15) is 0 Å². The third kappa shape index (κ3) is 4.19. The molecular formula is C21H29N3O. The van der Waals surface area contributed by atoms with Crippen LogP contribution in [0.25, 0.3) is 16.7 Å². The van der Waals surface area contributed by atoms with Crippen LogP contribution in [0.3, 0.4) is 0 Å². The molecular weight excluding hydrogens is 310 g/mol. The summed E-state index contributed by atoms with van der Waals surface area (Å²) in [6.07, 6.45) is 1.95. The lowest BCUT2D eigenvalue weighted by Gasteiger charge is -2.24. The van der Waals surface area contributed by atoms with Crippen LogP contribution in [-0.4, -0.2) is 20.1 Å². The van der Waals surface area contributed by atoms with E-state index >= 15 is 0 Å². The molecule has 0 saturated carbocycles. The van der Waals surface area contributed by atoms with E-state index in [9.17, 15) is 5.11 Å². The Balaban J connectivity index is 2.70. The Bertz CT molecular complexity index is 822. The molecule has 1 aromatic heterocycles. The molecule has 0 spiro atoms. The van der Waals surface area contributed by atoms with Gasteiger partial charge in [-0.25, -0.2) is 0 Å². The Kier molecular flexibility index (Phi) is 4.94. The SMILES string of the molecule is C=C(/C(O)=C(\C=C(/C)C(C)(C)C)n1nc2ccccc2n1)C(C)(C)C. The van der Waals surface area contributed by atoms with Crippen molar-refractivity contribution in [3.8, 4) is 0 Å². The maximum Gasteiger partial charge on any atom is 0.146 e. The van der Waals surface area contributed by atoms with Gasteiger partial charge >= 0.3 is 0 Å². The van der Waals surface area contributed by atoms with Crippen LogP contribution < -0.4 is 0 Å². The minimum Gasteiger partial charge on any atom is -0.505 e. The molecule has 0 radical (unpaired) electrons. The van der Waals surface area contributed by atoms with Gasteiger partial charge in [0.2, 0.25) is 0 Å². The van der Waals surface area contributed by atoms with Gasteiger partial charge in [-0.1, -0.05) is 65.8 Å². The molecule has 1 aromatic carbocycles. The number of aromatic nitrogens is 3. The minimum atomic E-state index is -0.259. The summed E-state index contributed by atoms with van der Waals surface area (Å²) in [5, 5.41) is 20.0. The van der Waals surface area contributed by atoms with Crippen molar-refractivity contribution in [1.29, 1.82) is 0 Å². The molecule has 0 fully saturated rings. The summed E-state index contributed by atoms with van der Waals surface area (Å²) >= 11 is 0. The fourth-order valence-corrected chi connectivity index (χ4v) is 2.12. The molecule has 0 amide bonds. The number of hydrogen-bond donors (Lipinski definition) is 1. The molecule has 1 N–H and O–H groups in total. The zero-order valence-corrected chi connectivity index (χ0v) is 16.4.